The predicted octanol–water partition coefficient (Wildman–Crippen LogP) is 1.31. The first-order chi connectivity index (χ1) is 10.6. The van der Waals surface area contributed by atoms with Gasteiger partial charge in [-0.05, 0) is 30.3 Å². The molecule has 1 atom stereocenters. The fourth-order valence-corrected chi connectivity index (χ4v) is 2.64. The minimum absolute atomic E-state index is 0.0508. The zero-order valence-electron chi connectivity index (χ0n) is 12.4. The maximum atomic E-state index is 11.9. The van der Waals surface area contributed by atoms with E-state index in [9.17, 15) is 9.59 Å². The summed E-state index contributed by atoms with van der Waals surface area (Å²) in [6.45, 7) is 3.05. The van der Waals surface area contributed by atoms with Crippen LogP contribution in [0.5, 0.6) is 0 Å². The molecule has 0 radical (unpaired) electrons. The topological polar surface area (TPSA) is 61.4 Å². The largest absolute Gasteiger partial charge is 0.353 e. The van der Waals surface area contributed by atoms with Gasteiger partial charge in [0, 0.05) is 19.2 Å². The summed E-state index contributed by atoms with van der Waals surface area (Å²) in [5.41, 5.74) is 0.937. The van der Waals surface area contributed by atoms with Crippen molar-refractivity contribution in [1.29, 1.82) is 0 Å². The van der Waals surface area contributed by atoms with E-state index < -0.39 is 0 Å². The van der Waals surface area contributed by atoms with Gasteiger partial charge in [0.25, 0.3) is 0 Å². The number of carbonyl (C=O) groups is 2. The number of rotatable bonds is 3. The van der Waals surface area contributed by atoms with E-state index in [-0.39, 0.29) is 17.9 Å². The molecule has 0 unspecified atom stereocenters. The maximum absolute atomic E-state index is 11.9. The highest BCUT2D eigenvalue weighted by atomic mass is 32.1. The number of carbonyl (C=O) groups excluding carboxylic acids is 2. The van der Waals surface area contributed by atoms with E-state index in [0.29, 0.717) is 24.6 Å². The van der Waals surface area contributed by atoms with Gasteiger partial charge in [-0.25, -0.2) is 0 Å². The number of thiocarbonyl (C=S) groups is 1. The lowest BCUT2D eigenvalue weighted by atomic mass is 10.1. The van der Waals surface area contributed by atoms with Gasteiger partial charge in [0.1, 0.15) is 6.04 Å². The smallest absolute Gasteiger partial charge is 0.250 e. The average molecular weight is 317 g/mol. The van der Waals surface area contributed by atoms with Crippen molar-refractivity contribution in [3.8, 4) is 0 Å². The SMILES string of the molecule is CC[C@@H]1C(=O)NCCN1C(=S)NC(=O)/C=C/c1ccccc1. The third-order valence-electron chi connectivity index (χ3n) is 3.44. The number of nitrogens with one attached hydrogen (secondary N) is 2. The first kappa shape index (κ1) is 16.2. The molecule has 0 spiro atoms. The Balaban J connectivity index is 1.94. The van der Waals surface area contributed by atoms with Crippen LogP contribution in [0.2, 0.25) is 0 Å². The van der Waals surface area contributed by atoms with Crippen LogP contribution in [0.1, 0.15) is 18.9 Å². The van der Waals surface area contributed by atoms with E-state index >= 15 is 0 Å². The van der Waals surface area contributed by atoms with Crippen LogP contribution in [-0.2, 0) is 9.59 Å². The quantitative estimate of drug-likeness (QED) is 0.652. The zero-order valence-corrected chi connectivity index (χ0v) is 13.2. The van der Waals surface area contributed by atoms with Crippen LogP contribution in [0.15, 0.2) is 36.4 Å². The Morgan fingerprint density at radius 3 is 2.86 bits per heavy atom. The zero-order chi connectivity index (χ0) is 15.9. The van der Waals surface area contributed by atoms with Crippen LogP contribution in [0.3, 0.4) is 0 Å². The van der Waals surface area contributed by atoms with E-state index in [0.717, 1.165) is 5.56 Å². The average Bonchev–Trinajstić information content (AvgIpc) is 2.53. The van der Waals surface area contributed by atoms with Crippen molar-refractivity contribution >= 4 is 35.2 Å². The van der Waals surface area contributed by atoms with Crippen molar-refractivity contribution in [2.75, 3.05) is 13.1 Å². The van der Waals surface area contributed by atoms with Gasteiger partial charge in [-0.2, -0.15) is 0 Å². The Morgan fingerprint density at radius 1 is 1.45 bits per heavy atom. The first-order valence-corrected chi connectivity index (χ1v) is 7.65. The molecule has 2 N–H and O–H groups in total. The molecule has 0 aromatic heterocycles. The Kier molecular flexibility index (Phi) is 5.66. The second-order valence-corrected chi connectivity index (χ2v) is 5.33. The van der Waals surface area contributed by atoms with Crippen LogP contribution in [0, 0.1) is 0 Å². The molecule has 0 aliphatic carbocycles. The Morgan fingerprint density at radius 2 is 2.18 bits per heavy atom. The molecule has 0 bridgehead atoms. The van der Waals surface area contributed by atoms with Gasteiger partial charge in [-0.15, -0.1) is 0 Å². The van der Waals surface area contributed by atoms with Gasteiger partial charge in [0.05, 0.1) is 0 Å². The van der Waals surface area contributed by atoms with Gasteiger partial charge in [0.15, 0.2) is 5.11 Å². The summed E-state index contributed by atoms with van der Waals surface area (Å²) < 4.78 is 0. The molecule has 6 heteroatoms. The van der Waals surface area contributed by atoms with Gasteiger partial charge >= 0.3 is 0 Å². The minimum atomic E-state index is -0.320. The number of amides is 2. The molecule has 1 fully saturated rings. The Labute approximate surface area is 135 Å². The van der Waals surface area contributed by atoms with Crippen molar-refractivity contribution in [3.63, 3.8) is 0 Å². The summed E-state index contributed by atoms with van der Waals surface area (Å²) in [4.78, 5) is 25.5. The number of hydrogen-bond donors (Lipinski definition) is 2. The maximum Gasteiger partial charge on any atom is 0.250 e. The predicted molar refractivity (Wildman–Crippen MR) is 90.0 cm³/mol. The minimum Gasteiger partial charge on any atom is -0.353 e. The molecule has 1 aromatic carbocycles. The molecule has 0 saturated carbocycles. The van der Waals surface area contributed by atoms with Gasteiger partial charge < -0.3 is 10.2 Å². The van der Waals surface area contributed by atoms with Crippen LogP contribution in [-0.4, -0.2) is 41.0 Å². The fraction of sp³-hybridized carbons (Fsp3) is 0.312. The van der Waals surface area contributed by atoms with Gasteiger partial charge in [-0.3, -0.25) is 14.9 Å². The lowest BCUT2D eigenvalue weighted by Crippen LogP contribution is -2.59. The third-order valence-corrected chi connectivity index (χ3v) is 3.77. The molecular formula is C16H19N3O2S. The van der Waals surface area contributed by atoms with Crippen molar-refractivity contribution in [2.24, 2.45) is 0 Å². The van der Waals surface area contributed by atoms with Crippen LogP contribution in [0.25, 0.3) is 6.08 Å². The second kappa shape index (κ2) is 7.70. The van der Waals surface area contributed by atoms with E-state index in [4.69, 9.17) is 12.2 Å². The monoisotopic (exact) mass is 317 g/mol. The molecule has 1 aliphatic rings. The van der Waals surface area contributed by atoms with Crippen molar-refractivity contribution in [3.05, 3.63) is 42.0 Å². The Hall–Kier alpha value is -2.21. The van der Waals surface area contributed by atoms with Crippen LogP contribution in [0.4, 0.5) is 0 Å². The molecular weight excluding hydrogens is 298 g/mol. The highest BCUT2D eigenvalue weighted by Crippen LogP contribution is 2.09. The molecule has 2 amide bonds. The summed E-state index contributed by atoms with van der Waals surface area (Å²) in [5, 5.41) is 5.75. The second-order valence-electron chi connectivity index (χ2n) is 4.95. The molecule has 22 heavy (non-hydrogen) atoms. The summed E-state index contributed by atoms with van der Waals surface area (Å²) in [5.74, 6) is -0.347. The van der Waals surface area contributed by atoms with Gasteiger partial charge in [0.2, 0.25) is 11.8 Å². The molecule has 5 nitrogen and oxygen atoms in total. The van der Waals surface area contributed by atoms with Crippen LogP contribution < -0.4 is 10.6 Å². The highest BCUT2D eigenvalue weighted by molar-refractivity contribution is 7.80. The van der Waals surface area contributed by atoms with E-state index in [1.165, 1.54) is 6.08 Å². The normalized spacial score (nSPS) is 18.1. The third kappa shape index (κ3) is 4.14. The number of nitrogens with zero attached hydrogens (tertiary/aromatic N) is 1. The highest BCUT2D eigenvalue weighted by Gasteiger charge is 2.29. The van der Waals surface area contributed by atoms with Crippen LogP contribution >= 0.6 is 12.2 Å². The molecule has 2 rings (SSSR count). The lowest BCUT2D eigenvalue weighted by Gasteiger charge is -2.36. The van der Waals surface area contributed by atoms with E-state index in [1.807, 2.05) is 37.3 Å². The Bertz CT molecular complexity index is 586. The molecule has 1 aliphatic heterocycles. The molecule has 1 saturated heterocycles. The summed E-state index contributed by atoms with van der Waals surface area (Å²) >= 11 is 5.26. The first-order valence-electron chi connectivity index (χ1n) is 7.24. The van der Waals surface area contributed by atoms with E-state index in [2.05, 4.69) is 10.6 Å². The summed E-state index contributed by atoms with van der Waals surface area (Å²) in [6.07, 6.45) is 3.80. The summed E-state index contributed by atoms with van der Waals surface area (Å²) in [7, 11) is 0. The van der Waals surface area contributed by atoms with Crippen molar-refractivity contribution in [1.82, 2.24) is 15.5 Å². The molecule has 1 aromatic rings. The number of piperazine rings is 1. The van der Waals surface area contributed by atoms with E-state index in [1.54, 1.807) is 11.0 Å². The summed E-state index contributed by atoms with van der Waals surface area (Å²) in [6, 6.07) is 9.22. The standard InChI is InChI=1S/C16H19N3O2S/c1-2-13-15(21)17-10-11-19(13)16(22)18-14(20)9-8-12-6-4-3-5-7-12/h3-9,13H,2,10-11H2,1H3,(H,17,21)(H,18,20,22)/b9-8+/t13-/m1/s1. The van der Waals surface area contributed by atoms with Crippen molar-refractivity contribution in [2.45, 2.75) is 19.4 Å². The number of benzene rings is 1. The lowest BCUT2D eigenvalue weighted by molar-refractivity contribution is -0.127. The molecule has 116 valence electrons. The van der Waals surface area contributed by atoms with Gasteiger partial charge in [-0.1, -0.05) is 37.3 Å². The molecule has 1 heterocycles. The number of hydrogen-bond acceptors (Lipinski definition) is 3. The fourth-order valence-electron chi connectivity index (χ4n) is 2.32. The van der Waals surface area contributed by atoms with Crippen molar-refractivity contribution < 1.29 is 9.59 Å².